The van der Waals surface area contributed by atoms with Crippen LogP contribution in [-0.2, 0) is 19.6 Å². The van der Waals surface area contributed by atoms with Crippen LogP contribution in [0.2, 0.25) is 0 Å². The zero-order valence-electron chi connectivity index (χ0n) is 13.4. The van der Waals surface area contributed by atoms with Gasteiger partial charge < -0.3 is 10.6 Å². The number of nitrogens with zero attached hydrogens (tertiary/aromatic N) is 1. The van der Waals surface area contributed by atoms with Crippen LogP contribution in [0.4, 0.5) is 11.4 Å². The first kappa shape index (κ1) is 17.3. The number of anilines is 2. The van der Waals surface area contributed by atoms with Crippen molar-refractivity contribution in [2.24, 2.45) is 0 Å². The molecule has 1 aromatic rings. The van der Waals surface area contributed by atoms with E-state index in [2.05, 4.69) is 10.6 Å². The largest absolute Gasteiger partial charge is 0.346 e. The summed E-state index contributed by atoms with van der Waals surface area (Å²) in [7, 11) is -3.24. The molecule has 2 amide bonds. The smallest absolute Gasteiger partial charge is 0.313 e. The highest BCUT2D eigenvalue weighted by Gasteiger charge is 2.28. The van der Waals surface area contributed by atoms with Crippen LogP contribution in [0.3, 0.4) is 0 Å². The van der Waals surface area contributed by atoms with Crippen molar-refractivity contribution in [1.82, 2.24) is 5.32 Å². The number of rotatable bonds is 3. The van der Waals surface area contributed by atoms with Gasteiger partial charge in [-0.1, -0.05) is 0 Å². The normalized spacial score (nSPS) is 16.4. The average molecular weight is 339 g/mol. The number of hydrogen-bond donors (Lipinski definition) is 2. The number of amides is 2. The third kappa shape index (κ3) is 4.01. The van der Waals surface area contributed by atoms with Crippen molar-refractivity contribution >= 4 is 33.2 Å². The van der Waals surface area contributed by atoms with Gasteiger partial charge in [0, 0.05) is 18.3 Å². The summed E-state index contributed by atoms with van der Waals surface area (Å²) in [5, 5.41) is 5.05. The molecule has 2 N–H and O–H groups in total. The standard InChI is InChI=1S/C15H21N3O4S/c1-10(2)16-14(19)15(20)17-13-6-5-12(9-11(13)3)18-7-4-8-23(18,21)22/h5-6,9-10H,4,7-8H2,1-3H3,(H,16,19)(H,17,20). The lowest BCUT2D eigenvalue weighted by molar-refractivity contribution is -0.136. The summed E-state index contributed by atoms with van der Waals surface area (Å²) in [6.07, 6.45) is 0.606. The van der Waals surface area contributed by atoms with E-state index in [4.69, 9.17) is 0 Å². The molecule has 1 aliphatic heterocycles. The van der Waals surface area contributed by atoms with Crippen molar-refractivity contribution in [3.63, 3.8) is 0 Å². The van der Waals surface area contributed by atoms with E-state index in [0.717, 1.165) is 0 Å². The number of aryl methyl sites for hydroxylation is 1. The van der Waals surface area contributed by atoms with Gasteiger partial charge in [0.15, 0.2) is 0 Å². The maximum atomic E-state index is 11.9. The molecule has 0 unspecified atom stereocenters. The molecule has 126 valence electrons. The molecule has 0 aromatic heterocycles. The molecule has 7 nitrogen and oxygen atoms in total. The minimum absolute atomic E-state index is 0.128. The molecular formula is C15H21N3O4S. The first-order valence-corrected chi connectivity index (χ1v) is 9.04. The third-order valence-corrected chi connectivity index (χ3v) is 5.34. The molecule has 1 fully saturated rings. The molecule has 1 aliphatic rings. The first-order valence-electron chi connectivity index (χ1n) is 7.43. The number of benzene rings is 1. The Morgan fingerprint density at radius 3 is 2.43 bits per heavy atom. The summed E-state index contributed by atoms with van der Waals surface area (Å²) < 4.78 is 25.2. The molecular weight excluding hydrogens is 318 g/mol. The average Bonchev–Trinajstić information content (AvgIpc) is 2.79. The highest BCUT2D eigenvalue weighted by atomic mass is 32.2. The second-order valence-electron chi connectivity index (χ2n) is 5.82. The van der Waals surface area contributed by atoms with Crippen molar-refractivity contribution in [2.75, 3.05) is 21.9 Å². The SMILES string of the molecule is Cc1cc(N2CCCS2(=O)=O)ccc1NC(=O)C(=O)NC(C)C. The fraction of sp³-hybridized carbons (Fsp3) is 0.467. The van der Waals surface area contributed by atoms with Gasteiger partial charge in [-0.15, -0.1) is 0 Å². The van der Waals surface area contributed by atoms with Crippen LogP contribution in [0.25, 0.3) is 0 Å². The van der Waals surface area contributed by atoms with Gasteiger partial charge >= 0.3 is 11.8 Å². The Labute approximate surface area is 136 Å². The number of sulfonamides is 1. The number of carbonyl (C=O) groups is 2. The molecule has 0 radical (unpaired) electrons. The van der Waals surface area contributed by atoms with Crippen molar-refractivity contribution in [3.8, 4) is 0 Å². The lowest BCUT2D eigenvalue weighted by atomic mass is 10.1. The van der Waals surface area contributed by atoms with Crippen LogP contribution in [0.1, 0.15) is 25.8 Å². The molecule has 0 aliphatic carbocycles. The Morgan fingerprint density at radius 2 is 1.91 bits per heavy atom. The summed E-state index contributed by atoms with van der Waals surface area (Å²) in [5.74, 6) is -1.30. The molecule has 0 bridgehead atoms. The Hall–Kier alpha value is -2.09. The van der Waals surface area contributed by atoms with E-state index in [-0.39, 0.29) is 11.8 Å². The van der Waals surface area contributed by atoms with E-state index in [0.29, 0.717) is 29.9 Å². The summed E-state index contributed by atoms with van der Waals surface area (Å²) in [6, 6.07) is 4.81. The van der Waals surface area contributed by atoms with Gasteiger partial charge in [-0.2, -0.15) is 0 Å². The molecule has 1 aromatic carbocycles. The fourth-order valence-corrected chi connectivity index (χ4v) is 3.94. The van der Waals surface area contributed by atoms with E-state index in [1.807, 2.05) is 0 Å². The molecule has 0 atom stereocenters. The molecule has 2 rings (SSSR count). The van der Waals surface area contributed by atoms with Crippen molar-refractivity contribution in [3.05, 3.63) is 23.8 Å². The number of nitrogens with one attached hydrogen (secondary N) is 2. The Kier molecular flexibility index (Phi) is 4.93. The number of carbonyl (C=O) groups excluding carboxylic acids is 2. The predicted molar refractivity (Wildman–Crippen MR) is 88.8 cm³/mol. The maximum absolute atomic E-state index is 11.9. The molecule has 23 heavy (non-hydrogen) atoms. The van der Waals surface area contributed by atoms with Crippen LogP contribution in [0, 0.1) is 6.92 Å². The van der Waals surface area contributed by atoms with Crippen molar-refractivity contribution in [2.45, 2.75) is 33.2 Å². The number of hydrogen-bond acceptors (Lipinski definition) is 4. The zero-order chi connectivity index (χ0) is 17.2. The molecule has 0 saturated carbocycles. The first-order chi connectivity index (χ1) is 10.7. The highest BCUT2D eigenvalue weighted by molar-refractivity contribution is 7.93. The van der Waals surface area contributed by atoms with E-state index in [1.165, 1.54) is 4.31 Å². The van der Waals surface area contributed by atoms with Gasteiger partial charge in [0.25, 0.3) is 0 Å². The van der Waals surface area contributed by atoms with Gasteiger partial charge in [0.1, 0.15) is 0 Å². The quantitative estimate of drug-likeness (QED) is 0.803. The third-order valence-electron chi connectivity index (χ3n) is 3.47. The second-order valence-corrected chi connectivity index (χ2v) is 7.84. The maximum Gasteiger partial charge on any atom is 0.313 e. The van der Waals surface area contributed by atoms with Gasteiger partial charge in [0.05, 0.1) is 11.4 Å². The van der Waals surface area contributed by atoms with E-state index in [9.17, 15) is 18.0 Å². The molecule has 1 heterocycles. The van der Waals surface area contributed by atoms with E-state index in [1.54, 1.807) is 39.0 Å². The summed E-state index contributed by atoms with van der Waals surface area (Å²) in [4.78, 5) is 23.4. The summed E-state index contributed by atoms with van der Waals surface area (Å²) >= 11 is 0. The summed E-state index contributed by atoms with van der Waals surface area (Å²) in [5.41, 5.74) is 1.74. The Bertz CT molecular complexity index is 728. The van der Waals surface area contributed by atoms with Crippen LogP contribution in [-0.4, -0.2) is 38.6 Å². The van der Waals surface area contributed by atoms with Gasteiger partial charge in [-0.05, 0) is 51.0 Å². The van der Waals surface area contributed by atoms with E-state index >= 15 is 0 Å². The van der Waals surface area contributed by atoms with Crippen LogP contribution < -0.4 is 14.9 Å². The van der Waals surface area contributed by atoms with Gasteiger partial charge in [0.2, 0.25) is 10.0 Å². The second kappa shape index (κ2) is 6.57. The minimum Gasteiger partial charge on any atom is -0.346 e. The lowest BCUT2D eigenvalue weighted by Gasteiger charge is -2.18. The monoisotopic (exact) mass is 339 g/mol. The van der Waals surface area contributed by atoms with Crippen LogP contribution in [0.5, 0.6) is 0 Å². The van der Waals surface area contributed by atoms with Crippen molar-refractivity contribution in [1.29, 1.82) is 0 Å². The summed E-state index contributed by atoms with van der Waals surface area (Å²) in [6.45, 7) is 5.75. The highest BCUT2D eigenvalue weighted by Crippen LogP contribution is 2.27. The molecule has 1 saturated heterocycles. The Morgan fingerprint density at radius 1 is 1.22 bits per heavy atom. The van der Waals surface area contributed by atoms with Crippen LogP contribution >= 0.6 is 0 Å². The Balaban J connectivity index is 2.14. The predicted octanol–water partition coefficient (Wildman–Crippen LogP) is 0.998. The molecule has 0 spiro atoms. The van der Waals surface area contributed by atoms with Crippen molar-refractivity contribution < 1.29 is 18.0 Å². The minimum atomic E-state index is -3.24. The van der Waals surface area contributed by atoms with Gasteiger partial charge in [-0.3, -0.25) is 13.9 Å². The zero-order valence-corrected chi connectivity index (χ0v) is 14.2. The van der Waals surface area contributed by atoms with Crippen LogP contribution in [0.15, 0.2) is 18.2 Å². The van der Waals surface area contributed by atoms with E-state index < -0.39 is 21.8 Å². The topological polar surface area (TPSA) is 95.6 Å². The lowest BCUT2D eigenvalue weighted by Crippen LogP contribution is -2.39. The molecule has 8 heteroatoms. The van der Waals surface area contributed by atoms with Gasteiger partial charge in [-0.25, -0.2) is 8.42 Å². The fourth-order valence-electron chi connectivity index (χ4n) is 2.38.